The third kappa shape index (κ3) is 3.22. The lowest BCUT2D eigenvalue weighted by Gasteiger charge is -2.09. The first-order chi connectivity index (χ1) is 14.8. The zero-order valence-corrected chi connectivity index (χ0v) is 16.7. The van der Waals surface area contributed by atoms with Crippen LogP contribution in [0.5, 0.6) is 0 Å². The highest BCUT2D eigenvalue weighted by Crippen LogP contribution is 2.37. The quantitative estimate of drug-likeness (QED) is 0.502. The fourth-order valence-electron chi connectivity index (χ4n) is 3.59. The Morgan fingerprint density at radius 1 is 1.00 bits per heavy atom. The van der Waals surface area contributed by atoms with Crippen molar-refractivity contribution in [2.45, 2.75) is 22.3 Å². The van der Waals surface area contributed by atoms with Crippen LogP contribution < -0.4 is 0 Å². The summed E-state index contributed by atoms with van der Waals surface area (Å²) in [5, 5.41) is 27.9. The van der Waals surface area contributed by atoms with Gasteiger partial charge >= 0.3 is 0 Å². The van der Waals surface area contributed by atoms with Gasteiger partial charge in [-0.1, -0.05) is 23.9 Å². The molecule has 1 aromatic carbocycles. The average Bonchev–Trinajstić information content (AvgIpc) is 3.53. The number of pyridine rings is 1. The first-order valence-corrected chi connectivity index (χ1v) is 10.3. The van der Waals surface area contributed by atoms with Gasteiger partial charge in [0.05, 0.1) is 41.7 Å². The number of fused-ring (bicyclic) bond motifs is 1. The van der Waals surface area contributed by atoms with Gasteiger partial charge in [0.2, 0.25) is 0 Å². The molecule has 1 atom stereocenters. The van der Waals surface area contributed by atoms with Crippen LogP contribution in [0.2, 0.25) is 0 Å². The van der Waals surface area contributed by atoms with Gasteiger partial charge in [-0.05, 0) is 24.6 Å². The van der Waals surface area contributed by atoms with Crippen LogP contribution in [0, 0.1) is 22.7 Å². The van der Waals surface area contributed by atoms with Crippen molar-refractivity contribution in [1.29, 1.82) is 10.5 Å². The van der Waals surface area contributed by atoms with E-state index in [-0.39, 0.29) is 6.04 Å². The van der Waals surface area contributed by atoms with Crippen molar-refractivity contribution in [2.24, 2.45) is 0 Å². The molecule has 1 unspecified atom stereocenters. The summed E-state index contributed by atoms with van der Waals surface area (Å²) >= 11 is 1.46. The van der Waals surface area contributed by atoms with E-state index < -0.39 is 0 Å². The predicted molar refractivity (Wildman–Crippen MR) is 111 cm³/mol. The molecule has 1 fully saturated rings. The molecule has 0 saturated carbocycles. The Balaban J connectivity index is 1.61. The summed E-state index contributed by atoms with van der Waals surface area (Å²) in [6, 6.07) is 14.2. The highest BCUT2D eigenvalue weighted by molar-refractivity contribution is 7.99. The lowest BCUT2D eigenvalue weighted by Crippen LogP contribution is -2.08. The van der Waals surface area contributed by atoms with E-state index in [1.165, 1.54) is 11.8 Å². The number of nitriles is 2. The maximum atomic E-state index is 9.54. The Labute approximate surface area is 177 Å². The molecule has 7 nitrogen and oxygen atoms in total. The monoisotopic (exact) mass is 412 g/mol. The summed E-state index contributed by atoms with van der Waals surface area (Å²) in [4.78, 5) is 1.70. The highest BCUT2D eigenvalue weighted by Gasteiger charge is 2.20. The van der Waals surface area contributed by atoms with Gasteiger partial charge in [-0.3, -0.25) is 4.68 Å². The van der Waals surface area contributed by atoms with E-state index in [0.717, 1.165) is 39.5 Å². The van der Waals surface area contributed by atoms with Crippen LogP contribution in [-0.2, 0) is 4.74 Å². The second-order valence-corrected chi connectivity index (χ2v) is 8.08. The van der Waals surface area contributed by atoms with Crippen molar-refractivity contribution >= 4 is 17.3 Å². The molecule has 30 heavy (non-hydrogen) atoms. The number of hydrogen-bond donors (Lipinski definition) is 0. The molecule has 1 aliphatic heterocycles. The second kappa shape index (κ2) is 7.68. The average molecular weight is 412 g/mol. The van der Waals surface area contributed by atoms with E-state index in [1.54, 1.807) is 16.8 Å². The Morgan fingerprint density at radius 3 is 2.67 bits per heavy atom. The summed E-state index contributed by atoms with van der Waals surface area (Å²) < 4.78 is 9.15. The van der Waals surface area contributed by atoms with E-state index in [1.807, 2.05) is 47.5 Å². The summed E-state index contributed by atoms with van der Waals surface area (Å²) in [6.07, 6.45) is 8.29. The smallest absolute Gasteiger partial charge is 0.103 e. The van der Waals surface area contributed by atoms with E-state index in [9.17, 15) is 10.5 Å². The fraction of sp³-hybridized carbons (Fsp3) is 0.182. The lowest BCUT2D eigenvalue weighted by atomic mass is 10.1. The summed E-state index contributed by atoms with van der Waals surface area (Å²) in [5.74, 6) is 0. The number of benzene rings is 1. The molecule has 146 valence electrons. The number of ether oxygens (including phenoxy) is 1. The Kier molecular flexibility index (Phi) is 4.72. The number of rotatable bonds is 4. The largest absolute Gasteiger partial charge is 0.379 e. The zero-order valence-electron chi connectivity index (χ0n) is 15.9. The van der Waals surface area contributed by atoms with Gasteiger partial charge in [-0.15, -0.1) is 0 Å². The SMILES string of the molecule is N#Cc1ccccc1Sc1cc(-c2cnn(C3CCOC3)c2)cn2ncc(C#N)c12. The molecule has 8 heteroatoms. The van der Waals surface area contributed by atoms with Gasteiger partial charge in [-0.25, -0.2) is 4.52 Å². The molecule has 0 spiro atoms. The zero-order chi connectivity index (χ0) is 20.5. The number of hydrogen-bond acceptors (Lipinski definition) is 6. The van der Waals surface area contributed by atoms with Crippen LogP contribution in [-0.4, -0.2) is 32.6 Å². The van der Waals surface area contributed by atoms with E-state index in [0.29, 0.717) is 17.7 Å². The Bertz CT molecular complexity index is 1320. The minimum Gasteiger partial charge on any atom is -0.379 e. The summed E-state index contributed by atoms with van der Waals surface area (Å²) in [5.41, 5.74) is 3.73. The van der Waals surface area contributed by atoms with Gasteiger partial charge in [0, 0.05) is 39.9 Å². The van der Waals surface area contributed by atoms with Crippen molar-refractivity contribution in [3.63, 3.8) is 0 Å². The number of nitrogens with zero attached hydrogens (tertiary/aromatic N) is 6. The second-order valence-electron chi connectivity index (χ2n) is 6.99. The minimum absolute atomic E-state index is 0.258. The topological polar surface area (TPSA) is 91.9 Å². The van der Waals surface area contributed by atoms with E-state index in [2.05, 4.69) is 22.3 Å². The molecule has 1 aliphatic rings. The van der Waals surface area contributed by atoms with Crippen LogP contribution in [0.1, 0.15) is 23.6 Å². The van der Waals surface area contributed by atoms with Gasteiger partial charge < -0.3 is 4.74 Å². The van der Waals surface area contributed by atoms with Gasteiger partial charge in [-0.2, -0.15) is 20.7 Å². The van der Waals surface area contributed by atoms with E-state index in [4.69, 9.17) is 4.74 Å². The van der Waals surface area contributed by atoms with E-state index >= 15 is 0 Å². The normalized spacial score (nSPS) is 15.9. The molecule has 0 aliphatic carbocycles. The minimum atomic E-state index is 0.258. The lowest BCUT2D eigenvalue weighted by molar-refractivity contribution is 0.184. The van der Waals surface area contributed by atoms with Crippen LogP contribution in [0.15, 0.2) is 64.9 Å². The molecule has 0 amide bonds. The van der Waals surface area contributed by atoms with Crippen molar-refractivity contribution in [1.82, 2.24) is 19.4 Å². The van der Waals surface area contributed by atoms with Crippen molar-refractivity contribution < 1.29 is 4.74 Å². The van der Waals surface area contributed by atoms with Crippen LogP contribution in [0.4, 0.5) is 0 Å². The molecule has 0 radical (unpaired) electrons. The predicted octanol–water partition coefficient (Wildman–Crippen LogP) is 4.05. The molecule has 0 bridgehead atoms. The first-order valence-electron chi connectivity index (χ1n) is 9.47. The third-order valence-electron chi connectivity index (χ3n) is 5.14. The van der Waals surface area contributed by atoms with Crippen LogP contribution in [0.3, 0.4) is 0 Å². The Morgan fingerprint density at radius 2 is 1.87 bits per heavy atom. The third-order valence-corrected chi connectivity index (χ3v) is 6.25. The van der Waals surface area contributed by atoms with Crippen molar-refractivity contribution in [3.05, 3.63) is 66.2 Å². The Hall–Kier alpha value is -3.59. The molecular weight excluding hydrogens is 396 g/mol. The standard InChI is InChI=1S/C22H16N6OS/c23-8-15-3-1-2-4-20(15)30-21-7-16(12-28-22(21)17(9-24)10-26-28)18-11-25-27(13-18)19-5-6-29-14-19/h1-4,7,10-13,19H,5-6,14H2. The number of aromatic nitrogens is 4. The van der Waals surface area contributed by atoms with Crippen LogP contribution >= 0.6 is 11.8 Å². The van der Waals surface area contributed by atoms with Crippen molar-refractivity contribution in [2.75, 3.05) is 13.2 Å². The summed E-state index contributed by atoms with van der Waals surface area (Å²) in [7, 11) is 0. The van der Waals surface area contributed by atoms with Gasteiger partial charge in [0.1, 0.15) is 12.1 Å². The molecule has 4 heterocycles. The highest BCUT2D eigenvalue weighted by atomic mass is 32.2. The molecular formula is C22H16N6OS. The fourth-order valence-corrected chi connectivity index (χ4v) is 4.68. The molecule has 3 aromatic heterocycles. The van der Waals surface area contributed by atoms with Crippen LogP contribution in [0.25, 0.3) is 16.6 Å². The maximum absolute atomic E-state index is 9.54. The summed E-state index contributed by atoms with van der Waals surface area (Å²) in [6.45, 7) is 1.44. The first kappa shape index (κ1) is 18.4. The van der Waals surface area contributed by atoms with Gasteiger partial charge in [0.25, 0.3) is 0 Å². The molecule has 1 saturated heterocycles. The maximum Gasteiger partial charge on any atom is 0.103 e. The molecule has 5 rings (SSSR count). The molecule has 0 N–H and O–H groups in total. The van der Waals surface area contributed by atoms with Crippen molar-refractivity contribution in [3.8, 4) is 23.3 Å². The molecule has 4 aromatic rings. The van der Waals surface area contributed by atoms with Gasteiger partial charge in [0.15, 0.2) is 0 Å².